The molecule has 3 aromatic rings. The Morgan fingerprint density at radius 3 is 2.58 bits per heavy atom. The molecule has 0 unspecified atom stereocenters. The first-order valence-electron chi connectivity index (χ1n) is 10.3. The maximum atomic E-state index is 13.2. The predicted octanol–water partition coefficient (Wildman–Crippen LogP) is 3.32. The minimum Gasteiger partial charge on any atom is -0.489 e. The largest absolute Gasteiger partial charge is 0.489 e. The SMILES string of the molecule is CCCCn1cnc2c1c(=O)n(C[C@H](O)COc1ccc(Cl)cc1Cl)c(=O)n2CCC. The highest BCUT2D eigenvalue weighted by Crippen LogP contribution is 2.27. The summed E-state index contributed by atoms with van der Waals surface area (Å²) in [6, 6.07) is 4.74. The molecule has 2 aromatic heterocycles. The average Bonchev–Trinajstić information content (AvgIpc) is 3.16. The molecular formula is C21H26Cl2N4O4. The van der Waals surface area contributed by atoms with Gasteiger partial charge in [0.15, 0.2) is 11.2 Å². The third kappa shape index (κ3) is 5.14. The summed E-state index contributed by atoms with van der Waals surface area (Å²) in [6.45, 7) is 4.71. The standard InChI is InChI=1S/C21H26Cl2N4O4/c1-3-5-9-25-13-24-19-18(25)20(29)27(21(30)26(19)8-4-2)11-15(28)12-31-17-7-6-14(22)10-16(17)23/h6-7,10,13,15,28H,3-5,8-9,11-12H2,1-2H3/t15-/m0/s1. The van der Waals surface area contributed by atoms with Crippen molar-refractivity contribution in [2.24, 2.45) is 0 Å². The fraction of sp³-hybridized carbons (Fsp3) is 0.476. The van der Waals surface area contributed by atoms with E-state index in [9.17, 15) is 14.7 Å². The van der Waals surface area contributed by atoms with Crippen molar-refractivity contribution in [1.82, 2.24) is 18.7 Å². The van der Waals surface area contributed by atoms with Gasteiger partial charge in [0.1, 0.15) is 18.5 Å². The lowest BCUT2D eigenvalue weighted by Gasteiger charge is -2.16. The number of hydrogen-bond donors (Lipinski definition) is 1. The molecular weight excluding hydrogens is 443 g/mol. The number of halogens is 2. The molecule has 0 saturated carbocycles. The number of rotatable bonds is 10. The molecule has 2 heterocycles. The van der Waals surface area contributed by atoms with Gasteiger partial charge in [-0.25, -0.2) is 9.78 Å². The first-order chi connectivity index (χ1) is 14.9. The molecule has 1 aromatic carbocycles. The van der Waals surface area contributed by atoms with E-state index in [-0.39, 0.29) is 13.2 Å². The van der Waals surface area contributed by atoms with Gasteiger partial charge in [-0.1, -0.05) is 43.5 Å². The molecule has 0 spiro atoms. The molecule has 0 radical (unpaired) electrons. The fourth-order valence-corrected chi connectivity index (χ4v) is 3.83. The minimum atomic E-state index is -1.10. The van der Waals surface area contributed by atoms with Crippen LogP contribution in [0.2, 0.25) is 10.0 Å². The third-order valence-electron chi connectivity index (χ3n) is 4.90. The Morgan fingerprint density at radius 2 is 1.90 bits per heavy atom. The minimum absolute atomic E-state index is 0.145. The first-order valence-corrected chi connectivity index (χ1v) is 11.1. The van der Waals surface area contributed by atoms with Crippen LogP contribution < -0.4 is 16.0 Å². The van der Waals surface area contributed by atoms with Crippen LogP contribution in [0.5, 0.6) is 5.75 Å². The highest BCUT2D eigenvalue weighted by molar-refractivity contribution is 6.35. The van der Waals surface area contributed by atoms with Crippen molar-refractivity contribution < 1.29 is 9.84 Å². The molecule has 8 nitrogen and oxygen atoms in total. The second-order valence-corrected chi connectivity index (χ2v) is 8.20. The van der Waals surface area contributed by atoms with E-state index in [2.05, 4.69) is 11.9 Å². The van der Waals surface area contributed by atoms with Crippen molar-refractivity contribution in [3.05, 3.63) is 55.4 Å². The Labute approximate surface area is 189 Å². The average molecular weight is 469 g/mol. The molecule has 0 aliphatic heterocycles. The summed E-state index contributed by atoms with van der Waals surface area (Å²) in [5, 5.41) is 11.3. The molecule has 0 saturated heterocycles. The highest BCUT2D eigenvalue weighted by atomic mass is 35.5. The van der Waals surface area contributed by atoms with E-state index in [4.69, 9.17) is 27.9 Å². The second kappa shape index (κ2) is 10.3. The van der Waals surface area contributed by atoms with Crippen molar-refractivity contribution >= 4 is 34.4 Å². The molecule has 1 N–H and O–H groups in total. The van der Waals surface area contributed by atoms with Crippen LogP contribution in [0.4, 0.5) is 0 Å². The zero-order chi connectivity index (χ0) is 22.5. The van der Waals surface area contributed by atoms with Gasteiger partial charge in [-0.05, 0) is 31.0 Å². The topological polar surface area (TPSA) is 91.3 Å². The number of fused-ring (bicyclic) bond motifs is 1. The Hall–Kier alpha value is -2.29. The van der Waals surface area contributed by atoms with Gasteiger partial charge in [0, 0.05) is 18.1 Å². The molecule has 1 atom stereocenters. The fourth-order valence-electron chi connectivity index (χ4n) is 3.36. The van der Waals surface area contributed by atoms with Gasteiger partial charge in [0.25, 0.3) is 5.56 Å². The quantitative estimate of drug-likeness (QED) is 0.492. The van der Waals surface area contributed by atoms with Crippen LogP contribution in [-0.4, -0.2) is 36.5 Å². The van der Waals surface area contributed by atoms with E-state index in [1.807, 2.05) is 6.92 Å². The van der Waals surface area contributed by atoms with Crippen LogP contribution >= 0.6 is 23.2 Å². The van der Waals surface area contributed by atoms with Gasteiger partial charge in [0.05, 0.1) is 17.9 Å². The van der Waals surface area contributed by atoms with E-state index in [1.165, 1.54) is 10.6 Å². The number of benzene rings is 1. The molecule has 31 heavy (non-hydrogen) atoms. The molecule has 3 rings (SSSR count). The summed E-state index contributed by atoms with van der Waals surface area (Å²) >= 11 is 12.0. The summed E-state index contributed by atoms with van der Waals surface area (Å²) < 4.78 is 9.87. The predicted molar refractivity (Wildman–Crippen MR) is 121 cm³/mol. The van der Waals surface area contributed by atoms with Gasteiger partial charge in [0.2, 0.25) is 0 Å². The Kier molecular flexibility index (Phi) is 7.80. The molecule has 0 fully saturated rings. The monoisotopic (exact) mass is 468 g/mol. The van der Waals surface area contributed by atoms with Crippen LogP contribution in [0, 0.1) is 0 Å². The lowest BCUT2D eigenvalue weighted by Crippen LogP contribution is -2.44. The number of aryl methyl sites for hydroxylation is 2. The smallest absolute Gasteiger partial charge is 0.332 e. The number of aromatic nitrogens is 4. The third-order valence-corrected chi connectivity index (χ3v) is 5.43. The van der Waals surface area contributed by atoms with Gasteiger partial charge in [-0.2, -0.15) is 0 Å². The first kappa shape index (κ1) is 23.4. The van der Waals surface area contributed by atoms with Crippen LogP contribution in [0.15, 0.2) is 34.1 Å². The number of aliphatic hydroxyl groups is 1. The summed E-state index contributed by atoms with van der Waals surface area (Å²) in [7, 11) is 0. The van der Waals surface area contributed by atoms with Crippen LogP contribution in [-0.2, 0) is 19.6 Å². The Balaban J connectivity index is 1.91. The van der Waals surface area contributed by atoms with E-state index >= 15 is 0 Å². The van der Waals surface area contributed by atoms with E-state index < -0.39 is 17.4 Å². The number of nitrogens with zero attached hydrogens (tertiary/aromatic N) is 4. The second-order valence-electron chi connectivity index (χ2n) is 7.35. The number of imidazole rings is 1. The van der Waals surface area contributed by atoms with E-state index in [1.54, 1.807) is 23.0 Å². The summed E-state index contributed by atoms with van der Waals surface area (Å²) in [4.78, 5) is 30.5. The van der Waals surface area contributed by atoms with Crippen LogP contribution in [0.3, 0.4) is 0 Å². The molecule has 0 amide bonds. The molecule has 0 bridgehead atoms. The molecule has 168 valence electrons. The number of unbranched alkanes of at least 4 members (excludes halogenated alkanes) is 1. The van der Waals surface area contributed by atoms with Crippen LogP contribution in [0.1, 0.15) is 33.1 Å². The van der Waals surface area contributed by atoms with Crippen molar-refractivity contribution in [3.63, 3.8) is 0 Å². The van der Waals surface area contributed by atoms with Crippen molar-refractivity contribution in [3.8, 4) is 5.75 Å². The van der Waals surface area contributed by atoms with Crippen molar-refractivity contribution in [1.29, 1.82) is 0 Å². The van der Waals surface area contributed by atoms with Gasteiger partial charge < -0.3 is 14.4 Å². The lowest BCUT2D eigenvalue weighted by atomic mass is 10.3. The van der Waals surface area contributed by atoms with E-state index in [0.717, 1.165) is 17.4 Å². The maximum absolute atomic E-state index is 13.2. The van der Waals surface area contributed by atoms with Crippen LogP contribution in [0.25, 0.3) is 11.2 Å². The number of aliphatic hydroxyl groups excluding tert-OH is 1. The lowest BCUT2D eigenvalue weighted by molar-refractivity contribution is 0.0902. The Morgan fingerprint density at radius 1 is 1.13 bits per heavy atom. The van der Waals surface area contributed by atoms with Gasteiger partial charge in [-0.3, -0.25) is 13.9 Å². The van der Waals surface area contributed by atoms with Gasteiger partial charge in [-0.15, -0.1) is 0 Å². The van der Waals surface area contributed by atoms with Gasteiger partial charge >= 0.3 is 5.69 Å². The molecule has 0 aliphatic rings. The molecule has 0 aliphatic carbocycles. The summed E-state index contributed by atoms with van der Waals surface area (Å²) in [6.07, 6.45) is 3.05. The zero-order valence-electron chi connectivity index (χ0n) is 17.6. The Bertz CT molecular complexity index is 1170. The van der Waals surface area contributed by atoms with E-state index in [0.29, 0.717) is 46.5 Å². The number of hydrogen-bond acceptors (Lipinski definition) is 5. The molecule has 10 heteroatoms. The van der Waals surface area contributed by atoms with Crippen molar-refractivity contribution in [2.45, 2.75) is 58.8 Å². The summed E-state index contributed by atoms with van der Waals surface area (Å²) in [5.74, 6) is 0.356. The zero-order valence-corrected chi connectivity index (χ0v) is 19.1. The normalized spacial score (nSPS) is 12.4. The highest BCUT2D eigenvalue weighted by Gasteiger charge is 2.20. The van der Waals surface area contributed by atoms with Crippen molar-refractivity contribution in [2.75, 3.05) is 6.61 Å². The summed E-state index contributed by atoms with van der Waals surface area (Å²) in [5.41, 5.74) is -0.216. The maximum Gasteiger partial charge on any atom is 0.332 e. The number of ether oxygens (including phenoxy) is 1.